The summed E-state index contributed by atoms with van der Waals surface area (Å²) in [5.41, 5.74) is -0.373. The van der Waals surface area contributed by atoms with Gasteiger partial charge in [-0.05, 0) is 12.8 Å². The van der Waals surface area contributed by atoms with E-state index in [9.17, 15) is 9.90 Å². The highest BCUT2D eigenvalue weighted by molar-refractivity contribution is 6.21. The fraction of sp³-hybridized carbons (Fsp3) is 0.500. The van der Waals surface area contributed by atoms with Gasteiger partial charge in [0.1, 0.15) is 0 Å². The molecule has 0 bridgehead atoms. The Bertz CT molecular complexity index is 390. The highest BCUT2D eigenvalue weighted by Crippen LogP contribution is 2.35. The van der Waals surface area contributed by atoms with Crippen molar-refractivity contribution in [2.45, 2.75) is 43.1 Å². The number of Topliss-reactive ketones (excluding diaryl/α,β-unsaturated/α-hetero) is 1. The lowest BCUT2D eigenvalue weighted by molar-refractivity contribution is 0.00412. The molecule has 92 valence electrons. The van der Waals surface area contributed by atoms with Gasteiger partial charge in [0.2, 0.25) is 0 Å². The van der Waals surface area contributed by atoms with E-state index in [0.717, 1.165) is 19.3 Å². The molecule has 1 fully saturated rings. The Labute approximate surface area is 107 Å². The first kappa shape index (κ1) is 12.6. The van der Waals surface area contributed by atoms with Gasteiger partial charge >= 0.3 is 0 Å². The third-order valence-corrected chi connectivity index (χ3v) is 4.09. The lowest BCUT2D eigenvalue weighted by atomic mass is 9.80. The van der Waals surface area contributed by atoms with Crippen LogP contribution in [0.25, 0.3) is 0 Å². The standard InChI is InChI=1S/C14H17ClO2/c15-13-8-4-5-9-14(13,17)10-12(16)11-6-2-1-3-7-11/h1-3,6-7,13,17H,4-5,8-10H2/t13-,14-/m0/s1. The molecule has 1 aromatic carbocycles. The first-order valence-corrected chi connectivity index (χ1v) is 6.50. The van der Waals surface area contributed by atoms with Crippen molar-refractivity contribution < 1.29 is 9.90 Å². The van der Waals surface area contributed by atoms with Crippen molar-refractivity contribution in [1.82, 2.24) is 0 Å². The average Bonchev–Trinajstić information content (AvgIpc) is 2.34. The Hall–Kier alpha value is -0.860. The van der Waals surface area contributed by atoms with E-state index in [2.05, 4.69) is 0 Å². The molecule has 0 radical (unpaired) electrons. The zero-order valence-electron chi connectivity index (χ0n) is 9.73. The van der Waals surface area contributed by atoms with Crippen molar-refractivity contribution in [3.05, 3.63) is 35.9 Å². The van der Waals surface area contributed by atoms with Crippen LogP contribution in [0.3, 0.4) is 0 Å². The molecule has 1 aliphatic rings. The molecule has 1 aliphatic carbocycles. The molecule has 0 aliphatic heterocycles. The first-order valence-electron chi connectivity index (χ1n) is 6.06. The topological polar surface area (TPSA) is 37.3 Å². The Morgan fingerprint density at radius 3 is 2.71 bits per heavy atom. The number of benzene rings is 1. The maximum absolute atomic E-state index is 12.0. The molecule has 2 atom stereocenters. The van der Waals surface area contributed by atoms with E-state index < -0.39 is 5.60 Å². The average molecular weight is 253 g/mol. The fourth-order valence-electron chi connectivity index (χ4n) is 2.38. The van der Waals surface area contributed by atoms with E-state index >= 15 is 0 Å². The predicted octanol–water partition coefficient (Wildman–Crippen LogP) is 3.17. The number of hydrogen-bond acceptors (Lipinski definition) is 2. The van der Waals surface area contributed by atoms with Crippen LogP contribution in [0, 0.1) is 0 Å². The minimum Gasteiger partial charge on any atom is -0.388 e. The summed E-state index contributed by atoms with van der Waals surface area (Å²) in [6.07, 6.45) is 3.53. The maximum atomic E-state index is 12.0. The molecule has 0 unspecified atom stereocenters. The van der Waals surface area contributed by atoms with E-state index in [1.165, 1.54) is 0 Å². The third kappa shape index (κ3) is 2.88. The van der Waals surface area contributed by atoms with Crippen LogP contribution in [-0.4, -0.2) is 21.9 Å². The monoisotopic (exact) mass is 252 g/mol. The molecule has 1 saturated carbocycles. The predicted molar refractivity (Wildman–Crippen MR) is 68.4 cm³/mol. The number of halogens is 1. The van der Waals surface area contributed by atoms with Gasteiger partial charge in [-0.3, -0.25) is 4.79 Å². The van der Waals surface area contributed by atoms with E-state index in [1.54, 1.807) is 12.1 Å². The lowest BCUT2D eigenvalue weighted by Crippen LogP contribution is -2.43. The Balaban J connectivity index is 2.07. The number of hydrogen-bond donors (Lipinski definition) is 1. The van der Waals surface area contributed by atoms with Crippen LogP contribution in [-0.2, 0) is 0 Å². The first-order chi connectivity index (χ1) is 8.12. The van der Waals surface area contributed by atoms with Crippen molar-refractivity contribution >= 4 is 17.4 Å². The summed E-state index contributed by atoms with van der Waals surface area (Å²) in [6, 6.07) is 9.08. The van der Waals surface area contributed by atoms with Crippen molar-refractivity contribution in [3.8, 4) is 0 Å². The second-order valence-corrected chi connectivity index (χ2v) is 5.31. The highest BCUT2D eigenvalue weighted by atomic mass is 35.5. The van der Waals surface area contributed by atoms with Gasteiger partial charge in [-0.2, -0.15) is 0 Å². The molecule has 17 heavy (non-hydrogen) atoms. The largest absolute Gasteiger partial charge is 0.388 e. The molecule has 0 heterocycles. The number of rotatable bonds is 3. The summed E-state index contributed by atoms with van der Waals surface area (Å²) in [5, 5.41) is 10.1. The molecule has 1 N–H and O–H groups in total. The molecule has 0 saturated heterocycles. The van der Waals surface area contributed by atoms with Gasteiger partial charge in [-0.1, -0.05) is 43.2 Å². The molecule has 2 rings (SSSR count). The van der Waals surface area contributed by atoms with Crippen LogP contribution in [0.4, 0.5) is 0 Å². The molecule has 0 spiro atoms. The van der Waals surface area contributed by atoms with Gasteiger partial charge in [-0.25, -0.2) is 0 Å². The summed E-state index contributed by atoms with van der Waals surface area (Å²) < 4.78 is 0. The van der Waals surface area contributed by atoms with Crippen molar-refractivity contribution in [1.29, 1.82) is 0 Å². The Morgan fingerprint density at radius 2 is 2.06 bits per heavy atom. The number of ketones is 1. The molecule has 0 aromatic heterocycles. The van der Waals surface area contributed by atoms with Crippen LogP contribution in [0.2, 0.25) is 0 Å². The third-order valence-electron chi connectivity index (χ3n) is 3.46. The van der Waals surface area contributed by atoms with Crippen LogP contribution in [0.15, 0.2) is 30.3 Å². The van der Waals surface area contributed by atoms with Crippen molar-refractivity contribution in [2.75, 3.05) is 0 Å². The summed E-state index contributed by atoms with van der Waals surface area (Å²) >= 11 is 6.15. The molecule has 0 amide bonds. The van der Waals surface area contributed by atoms with Crippen molar-refractivity contribution in [2.24, 2.45) is 0 Å². The highest BCUT2D eigenvalue weighted by Gasteiger charge is 2.39. The van der Waals surface area contributed by atoms with E-state index in [0.29, 0.717) is 12.0 Å². The second kappa shape index (κ2) is 5.19. The smallest absolute Gasteiger partial charge is 0.165 e. The van der Waals surface area contributed by atoms with Gasteiger partial charge in [-0.15, -0.1) is 11.6 Å². The molecule has 3 heteroatoms. The van der Waals surface area contributed by atoms with Crippen LogP contribution in [0.1, 0.15) is 42.5 Å². The molecule has 2 nitrogen and oxygen atoms in total. The molecular formula is C14H17ClO2. The minimum atomic E-state index is -1.02. The maximum Gasteiger partial charge on any atom is 0.165 e. The van der Waals surface area contributed by atoms with Crippen molar-refractivity contribution in [3.63, 3.8) is 0 Å². The molecule has 1 aromatic rings. The number of carbonyl (C=O) groups is 1. The zero-order chi connectivity index (χ0) is 12.3. The van der Waals surface area contributed by atoms with Gasteiger partial charge in [0.05, 0.1) is 11.0 Å². The summed E-state index contributed by atoms with van der Waals surface area (Å²) in [6.45, 7) is 0. The molecular weight excluding hydrogens is 236 g/mol. The summed E-state index contributed by atoms with van der Waals surface area (Å²) in [5.74, 6) is -0.0272. The second-order valence-electron chi connectivity index (χ2n) is 4.78. The Morgan fingerprint density at radius 1 is 1.35 bits per heavy atom. The van der Waals surface area contributed by atoms with Gasteiger partial charge in [0.25, 0.3) is 0 Å². The summed E-state index contributed by atoms with van der Waals surface area (Å²) in [4.78, 5) is 12.0. The van der Waals surface area contributed by atoms with E-state index in [4.69, 9.17) is 11.6 Å². The lowest BCUT2D eigenvalue weighted by Gasteiger charge is -2.36. The quantitative estimate of drug-likeness (QED) is 0.663. The van der Waals surface area contributed by atoms with Gasteiger partial charge in [0, 0.05) is 12.0 Å². The normalized spacial score (nSPS) is 28.9. The fourth-order valence-corrected chi connectivity index (χ4v) is 2.72. The Kier molecular flexibility index (Phi) is 3.85. The van der Waals surface area contributed by atoms with E-state index in [-0.39, 0.29) is 17.6 Å². The van der Waals surface area contributed by atoms with Gasteiger partial charge < -0.3 is 5.11 Å². The van der Waals surface area contributed by atoms with E-state index in [1.807, 2.05) is 18.2 Å². The zero-order valence-corrected chi connectivity index (χ0v) is 10.5. The van der Waals surface area contributed by atoms with Crippen LogP contribution >= 0.6 is 11.6 Å². The summed E-state index contributed by atoms with van der Waals surface area (Å²) in [7, 11) is 0. The SMILES string of the molecule is O=C(C[C@@]1(O)CCCC[C@@H]1Cl)c1ccccc1. The number of aliphatic hydroxyl groups is 1. The minimum absolute atomic E-state index is 0.0272. The number of carbonyl (C=O) groups excluding carboxylic acids is 1. The van der Waals surface area contributed by atoms with Gasteiger partial charge in [0.15, 0.2) is 5.78 Å². The van der Waals surface area contributed by atoms with Crippen LogP contribution < -0.4 is 0 Å². The van der Waals surface area contributed by atoms with Crippen LogP contribution in [0.5, 0.6) is 0 Å². The number of alkyl halides is 1.